The highest BCUT2D eigenvalue weighted by Crippen LogP contribution is 2.30. The summed E-state index contributed by atoms with van der Waals surface area (Å²) in [5, 5.41) is 0. The van der Waals surface area contributed by atoms with Crippen molar-refractivity contribution in [2.75, 3.05) is 59.1 Å². The van der Waals surface area contributed by atoms with Gasteiger partial charge in [-0.25, -0.2) is 0 Å². The van der Waals surface area contributed by atoms with E-state index in [9.17, 15) is 9.59 Å². The Labute approximate surface area is 210 Å². The standard InChI is InChI=1S/C28H41N3O4/c1-28(2,3)21-29-18-24-7-4-5-9-25(24)35-14-6-8-23-19-31(27(33)20-29)11-10-22(23)17-26(32)30-12-15-34-16-13-30/h4-9,22-23H,10-21H2,1-3H3/b8-6+/t22-,23-/m0/s1. The summed E-state index contributed by atoms with van der Waals surface area (Å²) in [4.78, 5) is 32.6. The zero-order valence-corrected chi connectivity index (χ0v) is 21.6. The second-order valence-electron chi connectivity index (χ2n) is 11.3. The molecule has 7 heteroatoms. The quantitative estimate of drug-likeness (QED) is 0.618. The van der Waals surface area contributed by atoms with E-state index in [0.717, 1.165) is 24.3 Å². The van der Waals surface area contributed by atoms with Crippen LogP contribution >= 0.6 is 0 Å². The number of para-hydroxylation sites is 1. The van der Waals surface area contributed by atoms with E-state index in [1.807, 2.05) is 28.0 Å². The number of hydrogen-bond donors (Lipinski definition) is 0. The summed E-state index contributed by atoms with van der Waals surface area (Å²) in [5.41, 5.74) is 1.17. The van der Waals surface area contributed by atoms with E-state index in [4.69, 9.17) is 9.47 Å². The molecule has 0 radical (unpaired) electrons. The molecule has 0 aromatic heterocycles. The van der Waals surface area contributed by atoms with Crippen molar-refractivity contribution < 1.29 is 19.1 Å². The number of hydrogen-bond acceptors (Lipinski definition) is 5. The topological polar surface area (TPSA) is 62.3 Å². The average molecular weight is 484 g/mol. The largest absolute Gasteiger partial charge is 0.489 e. The minimum atomic E-state index is 0.0704. The van der Waals surface area contributed by atoms with Crippen molar-refractivity contribution in [1.82, 2.24) is 14.7 Å². The van der Waals surface area contributed by atoms with E-state index in [2.05, 4.69) is 43.9 Å². The number of piperidine rings is 1. The molecule has 0 N–H and O–H groups in total. The van der Waals surface area contributed by atoms with Gasteiger partial charge in [0.15, 0.2) is 0 Å². The van der Waals surface area contributed by atoms with Gasteiger partial charge in [0.05, 0.1) is 19.8 Å². The van der Waals surface area contributed by atoms with Crippen molar-refractivity contribution in [1.29, 1.82) is 0 Å². The van der Waals surface area contributed by atoms with Crippen LogP contribution in [0.4, 0.5) is 0 Å². The molecule has 0 aliphatic carbocycles. The number of ether oxygens (including phenoxy) is 2. The van der Waals surface area contributed by atoms with Gasteiger partial charge in [-0.15, -0.1) is 0 Å². The van der Waals surface area contributed by atoms with E-state index >= 15 is 0 Å². The fourth-order valence-electron chi connectivity index (χ4n) is 5.41. The molecule has 1 aromatic carbocycles. The Kier molecular flexibility index (Phi) is 8.50. The molecule has 2 fully saturated rings. The predicted octanol–water partition coefficient (Wildman–Crippen LogP) is 3.20. The van der Waals surface area contributed by atoms with Gasteiger partial charge in [0, 0.05) is 51.3 Å². The average Bonchev–Trinajstić information content (AvgIpc) is 2.83. The summed E-state index contributed by atoms with van der Waals surface area (Å²) in [7, 11) is 0. The van der Waals surface area contributed by atoms with E-state index in [1.165, 1.54) is 0 Å². The van der Waals surface area contributed by atoms with Gasteiger partial charge >= 0.3 is 0 Å². The van der Waals surface area contributed by atoms with Crippen LogP contribution in [-0.4, -0.2) is 85.6 Å². The maximum atomic E-state index is 13.5. The smallest absolute Gasteiger partial charge is 0.236 e. The summed E-state index contributed by atoms with van der Waals surface area (Å²) < 4.78 is 11.6. The molecule has 0 spiro atoms. The first-order valence-corrected chi connectivity index (χ1v) is 13.0. The van der Waals surface area contributed by atoms with Crippen LogP contribution in [0.25, 0.3) is 0 Å². The highest BCUT2D eigenvalue weighted by atomic mass is 16.5. The molecule has 3 aliphatic rings. The second kappa shape index (κ2) is 11.6. The fraction of sp³-hybridized carbons (Fsp3) is 0.643. The van der Waals surface area contributed by atoms with Gasteiger partial charge in [0.25, 0.3) is 0 Å². The highest BCUT2D eigenvalue weighted by Gasteiger charge is 2.33. The summed E-state index contributed by atoms with van der Waals surface area (Å²) in [5.74, 6) is 1.62. The minimum Gasteiger partial charge on any atom is -0.489 e. The van der Waals surface area contributed by atoms with Crippen LogP contribution in [0, 0.1) is 17.3 Å². The molecule has 0 saturated carbocycles. The van der Waals surface area contributed by atoms with Crippen molar-refractivity contribution in [3.05, 3.63) is 42.0 Å². The van der Waals surface area contributed by atoms with Crippen molar-refractivity contribution in [2.45, 2.75) is 40.2 Å². The molecule has 2 bridgehead atoms. The predicted molar refractivity (Wildman–Crippen MR) is 136 cm³/mol. The number of carbonyl (C=O) groups excluding carboxylic acids is 2. The zero-order valence-electron chi connectivity index (χ0n) is 21.6. The first-order valence-electron chi connectivity index (χ1n) is 13.0. The summed E-state index contributed by atoms with van der Waals surface area (Å²) >= 11 is 0. The van der Waals surface area contributed by atoms with Gasteiger partial charge in [-0.3, -0.25) is 14.5 Å². The van der Waals surface area contributed by atoms with Crippen LogP contribution in [0.1, 0.15) is 39.2 Å². The van der Waals surface area contributed by atoms with Gasteiger partial charge in [0.2, 0.25) is 11.8 Å². The molecule has 192 valence electrons. The molecule has 2 amide bonds. The maximum absolute atomic E-state index is 13.5. The van der Waals surface area contributed by atoms with Gasteiger partial charge in [-0.05, 0) is 29.7 Å². The van der Waals surface area contributed by atoms with Crippen LogP contribution in [-0.2, 0) is 20.9 Å². The van der Waals surface area contributed by atoms with Gasteiger partial charge < -0.3 is 19.3 Å². The number of morpholine rings is 1. The summed E-state index contributed by atoms with van der Waals surface area (Å²) in [6, 6.07) is 8.11. The summed E-state index contributed by atoms with van der Waals surface area (Å²) in [6.07, 6.45) is 5.60. The molecule has 35 heavy (non-hydrogen) atoms. The zero-order chi connectivity index (χ0) is 24.8. The Morgan fingerprint density at radius 3 is 2.63 bits per heavy atom. The Morgan fingerprint density at radius 1 is 1.09 bits per heavy atom. The van der Waals surface area contributed by atoms with Crippen LogP contribution in [0.3, 0.4) is 0 Å². The summed E-state index contributed by atoms with van der Waals surface area (Å²) in [6.45, 7) is 12.9. The van der Waals surface area contributed by atoms with Crippen LogP contribution in [0.5, 0.6) is 5.75 Å². The van der Waals surface area contributed by atoms with E-state index < -0.39 is 0 Å². The Morgan fingerprint density at radius 2 is 1.86 bits per heavy atom. The van der Waals surface area contributed by atoms with E-state index in [1.54, 1.807) is 0 Å². The van der Waals surface area contributed by atoms with Crippen LogP contribution in [0.15, 0.2) is 36.4 Å². The van der Waals surface area contributed by atoms with E-state index in [-0.39, 0.29) is 29.1 Å². The fourth-order valence-corrected chi connectivity index (χ4v) is 5.41. The Bertz CT molecular complexity index is 904. The van der Waals surface area contributed by atoms with Crippen LogP contribution < -0.4 is 4.74 Å². The van der Waals surface area contributed by atoms with Crippen molar-refractivity contribution >= 4 is 11.8 Å². The maximum Gasteiger partial charge on any atom is 0.236 e. The number of fused-ring (bicyclic) bond motifs is 3. The van der Waals surface area contributed by atoms with Gasteiger partial charge in [-0.2, -0.15) is 0 Å². The van der Waals surface area contributed by atoms with E-state index in [0.29, 0.717) is 65.5 Å². The number of nitrogens with zero attached hydrogens (tertiary/aromatic N) is 3. The SMILES string of the molecule is CC(C)(C)CN1CC(=O)N2CC[C@@H](CC(=O)N3CCOCC3)[C@@H](/C=C/COc3ccccc3C1)C2. The highest BCUT2D eigenvalue weighted by molar-refractivity contribution is 5.79. The van der Waals surface area contributed by atoms with Crippen molar-refractivity contribution in [2.24, 2.45) is 17.3 Å². The second-order valence-corrected chi connectivity index (χ2v) is 11.3. The number of amides is 2. The molecule has 4 rings (SSSR count). The van der Waals surface area contributed by atoms with Crippen LogP contribution in [0.2, 0.25) is 0 Å². The lowest BCUT2D eigenvalue weighted by molar-refractivity contribution is -0.138. The lowest BCUT2D eigenvalue weighted by Gasteiger charge is -2.39. The molecule has 3 aliphatic heterocycles. The normalized spacial score (nSPS) is 25.5. The third-order valence-corrected chi connectivity index (χ3v) is 7.10. The lowest BCUT2D eigenvalue weighted by atomic mass is 9.82. The van der Waals surface area contributed by atoms with Crippen molar-refractivity contribution in [3.8, 4) is 5.75 Å². The molecule has 7 nitrogen and oxygen atoms in total. The molecule has 2 saturated heterocycles. The Balaban J connectivity index is 1.52. The minimum absolute atomic E-state index is 0.0704. The third-order valence-electron chi connectivity index (χ3n) is 7.10. The van der Waals surface area contributed by atoms with Gasteiger partial charge in [-0.1, -0.05) is 51.1 Å². The first-order chi connectivity index (χ1) is 16.8. The number of benzene rings is 1. The molecular weight excluding hydrogens is 442 g/mol. The Hall–Kier alpha value is -2.38. The monoisotopic (exact) mass is 483 g/mol. The number of carbonyl (C=O) groups is 2. The lowest BCUT2D eigenvalue weighted by Crippen LogP contribution is -2.49. The molecule has 0 unspecified atom stereocenters. The third kappa shape index (κ3) is 7.31. The number of rotatable bonds is 3. The first kappa shape index (κ1) is 25.7. The molecule has 1 aromatic rings. The van der Waals surface area contributed by atoms with Crippen molar-refractivity contribution in [3.63, 3.8) is 0 Å². The molecule has 3 heterocycles. The molecular formula is C28H41N3O4. The van der Waals surface area contributed by atoms with Gasteiger partial charge in [0.1, 0.15) is 12.4 Å². The molecule has 2 atom stereocenters.